The number of rotatable bonds is 12. The number of nitrogens with one attached hydrogen (secondary N) is 2. The van der Waals surface area contributed by atoms with Crippen LogP contribution in [0.5, 0.6) is 0 Å². The lowest BCUT2D eigenvalue weighted by molar-refractivity contribution is -0.127. The first-order valence-corrected chi connectivity index (χ1v) is 8.14. The Hall–Kier alpha value is -1.10. The normalized spacial score (nSPS) is 12.7. The largest absolute Gasteiger partial charge is 0.370 e. The molecule has 0 bridgehead atoms. The Kier molecular flexibility index (Phi) is 10.9. The minimum atomic E-state index is -0.342. The van der Waals surface area contributed by atoms with E-state index in [2.05, 4.69) is 24.5 Å². The second-order valence-corrected chi connectivity index (χ2v) is 6.32. The van der Waals surface area contributed by atoms with E-state index in [0.29, 0.717) is 19.0 Å². The van der Waals surface area contributed by atoms with Gasteiger partial charge in [-0.15, -0.1) is 0 Å². The molecule has 1 atom stereocenters. The van der Waals surface area contributed by atoms with Crippen molar-refractivity contribution in [1.29, 1.82) is 0 Å². The van der Waals surface area contributed by atoms with Gasteiger partial charge in [-0.3, -0.25) is 9.59 Å². The lowest BCUT2D eigenvalue weighted by atomic mass is 9.90. The first-order valence-electron chi connectivity index (χ1n) is 8.14. The van der Waals surface area contributed by atoms with E-state index < -0.39 is 0 Å². The Labute approximate surface area is 129 Å². The smallest absolute Gasteiger partial charge is 0.223 e. The van der Waals surface area contributed by atoms with Crippen LogP contribution >= 0.6 is 0 Å². The lowest BCUT2D eigenvalue weighted by Crippen LogP contribution is -2.35. The summed E-state index contributed by atoms with van der Waals surface area (Å²) in [6.07, 6.45) is 4.04. The van der Waals surface area contributed by atoms with E-state index in [1.807, 2.05) is 13.8 Å². The summed E-state index contributed by atoms with van der Waals surface area (Å²) in [5.41, 5.74) is 5.15. The van der Waals surface area contributed by atoms with Gasteiger partial charge in [0.1, 0.15) is 0 Å². The fourth-order valence-corrected chi connectivity index (χ4v) is 2.23. The molecule has 0 aromatic rings. The molecule has 0 heterocycles. The zero-order chi connectivity index (χ0) is 16.3. The summed E-state index contributed by atoms with van der Waals surface area (Å²) < 4.78 is 0. The van der Waals surface area contributed by atoms with Crippen molar-refractivity contribution in [3.8, 4) is 0 Å². The van der Waals surface area contributed by atoms with Gasteiger partial charge in [-0.05, 0) is 31.7 Å². The molecule has 5 heteroatoms. The maximum atomic E-state index is 12.1. The zero-order valence-corrected chi connectivity index (χ0v) is 14.1. The number of hydrogen-bond donors (Lipinski definition) is 3. The Morgan fingerprint density at radius 1 is 1.00 bits per heavy atom. The first kappa shape index (κ1) is 19.9. The van der Waals surface area contributed by atoms with Crippen LogP contribution in [0.2, 0.25) is 0 Å². The van der Waals surface area contributed by atoms with E-state index in [9.17, 15) is 9.59 Å². The average Bonchev–Trinajstić information content (AvgIpc) is 2.36. The molecule has 0 saturated carbocycles. The predicted octanol–water partition coefficient (Wildman–Crippen LogP) is 1.81. The van der Waals surface area contributed by atoms with E-state index in [4.69, 9.17) is 5.73 Å². The Morgan fingerprint density at radius 3 is 2.14 bits per heavy atom. The molecule has 0 aliphatic carbocycles. The molecule has 2 amide bonds. The second kappa shape index (κ2) is 11.5. The molecule has 5 nitrogen and oxygen atoms in total. The van der Waals surface area contributed by atoms with Gasteiger partial charge in [-0.2, -0.15) is 0 Å². The fourth-order valence-electron chi connectivity index (χ4n) is 2.23. The van der Waals surface area contributed by atoms with Crippen molar-refractivity contribution >= 4 is 11.8 Å². The molecule has 0 radical (unpaired) electrons. The molecule has 0 aromatic heterocycles. The zero-order valence-electron chi connectivity index (χ0n) is 14.1. The molecule has 0 aliphatic rings. The summed E-state index contributed by atoms with van der Waals surface area (Å²) in [6, 6.07) is 0.529. The fraction of sp³-hybridized carbons (Fsp3) is 0.875. The van der Waals surface area contributed by atoms with Crippen LogP contribution in [0, 0.1) is 11.8 Å². The third-order valence-corrected chi connectivity index (χ3v) is 3.55. The molecule has 0 saturated heterocycles. The Bertz CT molecular complexity index is 304. The minimum Gasteiger partial charge on any atom is -0.370 e. The SMILES string of the molecule is CC(C)NCCCCCNC(=O)[C@@H](CCC(N)=O)C(C)C. The van der Waals surface area contributed by atoms with Gasteiger partial charge in [0, 0.05) is 24.9 Å². The van der Waals surface area contributed by atoms with Crippen molar-refractivity contribution in [2.24, 2.45) is 17.6 Å². The second-order valence-electron chi connectivity index (χ2n) is 6.32. The molecule has 0 aliphatic heterocycles. The summed E-state index contributed by atoms with van der Waals surface area (Å²) in [5, 5.41) is 6.35. The van der Waals surface area contributed by atoms with E-state index in [0.717, 1.165) is 25.8 Å². The number of primary amides is 1. The van der Waals surface area contributed by atoms with E-state index >= 15 is 0 Å². The molecule has 4 N–H and O–H groups in total. The third kappa shape index (κ3) is 11.3. The summed E-state index contributed by atoms with van der Waals surface area (Å²) in [4.78, 5) is 22.9. The van der Waals surface area contributed by atoms with Gasteiger partial charge in [0.05, 0.1) is 0 Å². The number of carbonyl (C=O) groups is 2. The highest BCUT2D eigenvalue weighted by Crippen LogP contribution is 2.17. The van der Waals surface area contributed by atoms with Crippen LogP contribution in [0.15, 0.2) is 0 Å². The van der Waals surface area contributed by atoms with Crippen LogP contribution < -0.4 is 16.4 Å². The summed E-state index contributed by atoms with van der Waals surface area (Å²) in [6.45, 7) is 10.0. The summed E-state index contributed by atoms with van der Waals surface area (Å²) in [5.74, 6) is -0.197. The highest BCUT2D eigenvalue weighted by molar-refractivity contribution is 5.80. The Balaban J connectivity index is 3.80. The Morgan fingerprint density at radius 2 is 1.62 bits per heavy atom. The molecule has 21 heavy (non-hydrogen) atoms. The first-order chi connectivity index (χ1) is 9.84. The van der Waals surface area contributed by atoms with Gasteiger partial charge in [-0.1, -0.05) is 34.1 Å². The van der Waals surface area contributed by atoms with Crippen molar-refractivity contribution < 1.29 is 9.59 Å². The number of nitrogens with two attached hydrogens (primary N) is 1. The topological polar surface area (TPSA) is 84.2 Å². The molecule has 0 unspecified atom stereocenters. The van der Waals surface area contributed by atoms with E-state index in [1.165, 1.54) is 0 Å². The van der Waals surface area contributed by atoms with Crippen LogP contribution in [0.25, 0.3) is 0 Å². The molecule has 0 aromatic carbocycles. The molecular weight excluding hydrogens is 266 g/mol. The molecule has 0 rings (SSSR count). The van der Waals surface area contributed by atoms with Gasteiger partial charge in [0.2, 0.25) is 11.8 Å². The number of unbranched alkanes of at least 4 members (excludes halogenated alkanes) is 2. The number of carbonyl (C=O) groups excluding carboxylic acids is 2. The highest BCUT2D eigenvalue weighted by atomic mass is 16.2. The molecule has 0 spiro atoms. The van der Waals surface area contributed by atoms with E-state index in [-0.39, 0.29) is 30.1 Å². The highest BCUT2D eigenvalue weighted by Gasteiger charge is 2.22. The van der Waals surface area contributed by atoms with Crippen LogP contribution in [-0.4, -0.2) is 30.9 Å². The van der Waals surface area contributed by atoms with Crippen LogP contribution in [0.3, 0.4) is 0 Å². The summed E-state index contributed by atoms with van der Waals surface area (Å²) in [7, 11) is 0. The maximum absolute atomic E-state index is 12.1. The molecule has 124 valence electrons. The maximum Gasteiger partial charge on any atom is 0.223 e. The monoisotopic (exact) mass is 299 g/mol. The van der Waals surface area contributed by atoms with Crippen LogP contribution in [0.1, 0.15) is 59.8 Å². The number of amides is 2. The minimum absolute atomic E-state index is 0.0477. The van der Waals surface area contributed by atoms with Gasteiger partial charge in [-0.25, -0.2) is 0 Å². The summed E-state index contributed by atoms with van der Waals surface area (Å²) >= 11 is 0. The van der Waals surface area contributed by atoms with Crippen molar-refractivity contribution in [3.63, 3.8) is 0 Å². The average molecular weight is 299 g/mol. The van der Waals surface area contributed by atoms with Crippen LogP contribution in [-0.2, 0) is 9.59 Å². The van der Waals surface area contributed by atoms with Crippen molar-refractivity contribution in [3.05, 3.63) is 0 Å². The van der Waals surface area contributed by atoms with E-state index in [1.54, 1.807) is 0 Å². The number of hydrogen-bond acceptors (Lipinski definition) is 3. The standard InChI is InChI=1S/C16H33N3O2/c1-12(2)14(8-9-15(17)20)16(21)19-11-7-5-6-10-18-13(3)4/h12-14,18H,5-11H2,1-4H3,(H2,17,20)(H,19,21)/t14-/m0/s1. The van der Waals surface area contributed by atoms with Crippen molar-refractivity contribution in [2.45, 2.75) is 65.8 Å². The molecule has 0 fully saturated rings. The van der Waals surface area contributed by atoms with Gasteiger partial charge in [0.25, 0.3) is 0 Å². The van der Waals surface area contributed by atoms with Gasteiger partial charge < -0.3 is 16.4 Å². The predicted molar refractivity (Wildman–Crippen MR) is 86.8 cm³/mol. The van der Waals surface area contributed by atoms with Gasteiger partial charge in [0.15, 0.2) is 0 Å². The van der Waals surface area contributed by atoms with Crippen molar-refractivity contribution in [2.75, 3.05) is 13.1 Å². The van der Waals surface area contributed by atoms with Crippen molar-refractivity contribution in [1.82, 2.24) is 10.6 Å². The third-order valence-electron chi connectivity index (χ3n) is 3.55. The van der Waals surface area contributed by atoms with Gasteiger partial charge >= 0.3 is 0 Å². The molecular formula is C16H33N3O2. The quantitative estimate of drug-likeness (QED) is 0.480. The lowest BCUT2D eigenvalue weighted by Gasteiger charge is -2.19. The van der Waals surface area contributed by atoms with Crippen LogP contribution in [0.4, 0.5) is 0 Å².